The average molecular weight is 299 g/mol. The van der Waals surface area contributed by atoms with E-state index in [1.165, 1.54) is 6.07 Å². The molecular formula is C16H12FN2OS+. The van der Waals surface area contributed by atoms with Gasteiger partial charge in [-0.25, -0.2) is 0 Å². The third-order valence-electron chi connectivity index (χ3n) is 3.66. The van der Waals surface area contributed by atoms with Crippen molar-refractivity contribution in [2.75, 3.05) is 0 Å². The van der Waals surface area contributed by atoms with E-state index in [-0.39, 0.29) is 0 Å². The highest BCUT2D eigenvalue weighted by molar-refractivity contribution is 7.12. The normalized spacial score (nSPS) is 11.6. The van der Waals surface area contributed by atoms with E-state index in [1.54, 1.807) is 17.4 Å². The zero-order chi connectivity index (χ0) is 14.6. The summed E-state index contributed by atoms with van der Waals surface area (Å²) in [5.41, 5.74) is 3.36. The second-order valence-electron chi connectivity index (χ2n) is 5.07. The number of hydrogen-bond donors (Lipinski definition) is 0. The minimum atomic E-state index is -0.525. The standard InChI is InChI=1S/C16H12FN2OS/c1-9-7-12-10-3-4-14(17)18-15(10)20-13(12)8-11(9)16-19(2)5-6-21-16/h3-8H,1-2H3/q+1. The molecule has 21 heavy (non-hydrogen) atoms. The highest BCUT2D eigenvalue weighted by atomic mass is 32.1. The van der Waals surface area contributed by atoms with Crippen molar-refractivity contribution in [3.63, 3.8) is 0 Å². The molecule has 0 unspecified atom stereocenters. The molecule has 0 saturated heterocycles. The summed E-state index contributed by atoms with van der Waals surface area (Å²) in [4.78, 5) is 3.82. The predicted octanol–water partition coefficient (Wildman–Crippen LogP) is 3.98. The molecular weight excluding hydrogens is 287 g/mol. The Labute approximate surface area is 124 Å². The Bertz CT molecular complexity index is 987. The molecule has 3 aromatic heterocycles. The van der Waals surface area contributed by atoms with Crippen molar-refractivity contribution in [3.05, 3.63) is 47.4 Å². The fourth-order valence-corrected chi connectivity index (χ4v) is 3.56. The molecule has 0 aliphatic rings. The fraction of sp³-hybridized carbons (Fsp3) is 0.125. The van der Waals surface area contributed by atoms with Crippen LogP contribution in [0.2, 0.25) is 0 Å². The van der Waals surface area contributed by atoms with Crippen molar-refractivity contribution < 1.29 is 13.4 Å². The van der Waals surface area contributed by atoms with Gasteiger partial charge in [-0.2, -0.15) is 13.9 Å². The third kappa shape index (κ3) is 1.85. The van der Waals surface area contributed by atoms with E-state index >= 15 is 0 Å². The summed E-state index contributed by atoms with van der Waals surface area (Å²) in [6, 6.07) is 7.17. The number of benzene rings is 1. The molecule has 104 valence electrons. The molecule has 4 rings (SSSR count). The second kappa shape index (κ2) is 4.36. The number of aromatic nitrogens is 2. The van der Waals surface area contributed by atoms with Gasteiger partial charge in [-0.15, -0.1) is 0 Å². The number of pyridine rings is 1. The van der Waals surface area contributed by atoms with Crippen LogP contribution in [-0.2, 0) is 7.05 Å². The second-order valence-corrected chi connectivity index (χ2v) is 5.97. The molecule has 0 spiro atoms. The Morgan fingerprint density at radius 3 is 2.86 bits per heavy atom. The average Bonchev–Trinajstić information content (AvgIpc) is 3.00. The van der Waals surface area contributed by atoms with Gasteiger partial charge < -0.3 is 4.42 Å². The van der Waals surface area contributed by atoms with Crippen LogP contribution in [-0.4, -0.2) is 4.98 Å². The van der Waals surface area contributed by atoms with Gasteiger partial charge in [0.2, 0.25) is 11.7 Å². The molecule has 0 radical (unpaired) electrons. The lowest BCUT2D eigenvalue weighted by Crippen LogP contribution is -2.26. The lowest BCUT2D eigenvalue weighted by molar-refractivity contribution is -0.655. The van der Waals surface area contributed by atoms with E-state index < -0.39 is 5.95 Å². The largest absolute Gasteiger partial charge is 0.438 e. The summed E-state index contributed by atoms with van der Waals surface area (Å²) in [6.07, 6.45) is 2.03. The van der Waals surface area contributed by atoms with Crippen LogP contribution >= 0.6 is 11.3 Å². The summed E-state index contributed by atoms with van der Waals surface area (Å²) in [5, 5.41) is 5.03. The van der Waals surface area contributed by atoms with Crippen LogP contribution in [0.3, 0.4) is 0 Å². The van der Waals surface area contributed by atoms with Crippen LogP contribution < -0.4 is 4.57 Å². The first-order valence-corrected chi connectivity index (χ1v) is 7.44. The summed E-state index contributed by atoms with van der Waals surface area (Å²) in [6.45, 7) is 2.07. The number of aryl methyl sites for hydroxylation is 2. The molecule has 3 nitrogen and oxygen atoms in total. The van der Waals surface area contributed by atoms with Gasteiger partial charge in [-0.3, -0.25) is 0 Å². The summed E-state index contributed by atoms with van der Waals surface area (Å²) < 4.78 is 21.0. The van der Waals surface area contributed by atoms with Crippen molar-refractivity contribution >= 4 is 33.4 Å². The minimum Gasteiger partial charge on any atom is -0.438 e. The van der Waals surface area contributed by atoms with Crippen LogP contribution in [0.4, 0.5) is 4.39 Å². The Balaban J connectivity index is 2.06. The Morgan fingerprint density at radius 1 is 1.24 bits per heavy atom. The molecule has 0 atom stereocenters. The van der Waals surface area contributed by atoms with E-state index in [0.717, 1.165) is 32.5 Å². The van der Waals surface area contributed by atoms with Gasteiger partial charge in [0.1, 0.15) is 12.6 Å². The zero-order valence-electron chi connectivity index (χ0n) is 11.6. The smallest absolute Gasteiger partial charge is 0.269 e. The first kappa shape index (κ1) is 12.5. The molecule has 0 fully saturated rings. The quantitative estimate of drug-likeness (QED) is 0.393. The molecule has 5 heteroatoms. The van der Waals surface area contributed by atoms with Gasteiger partial charge >= 0.3 is 0 Å². The van der Waals surface area contributed by atoms with Gasteiger partial charge in [-0.1, -0.05) is 11.3 Å². The van der Waals surface area contributed by atoms with Crippen LogP contribution in [0.15, 0.2) is 40.3 Å². The van der Waals surface area contributed by atoms with Gasteiger partial charge in [0.05, 0.1) is 10.9 Å². The Hall–Kier alpha value is -2.27. The minimum absolute atomic E-state index is 0.345. The van der Waals surface area contributed by atoms with Gasteiger partial charge in [-0.05, 0) is 36.8 Å². The fourth-order valence-electron chi connectivity index (χ4n) is 2.61. The molecule has 0 aliphatic carbocycles. The monoisotopic (exact) mass is 299 g/mol. The van der Waals surface area contributed by atoms with E-state index in [0.29, 0.717) is 5.71 Å². The maximum Gasteiger partial charge on any atom is 0.269 e. The molecule has 0 amide bonds. The third-order valence-corrected chi connectivity index (χ3v) is 4.65. The van der Waals surface area contributed by atoms with Gasteiger partial charge in [0, 0.05) is 10.8 Å². The Kier molecular flexibility index (Phi) is 2.59. The van der Waals surface area contributed by atoms with E-state index in [9.17, 15) is 4.39 Å². The lowest BCUT2D eigenvalue weighted by Gasteiger charge is -2.00. The van der Waals surface area contributed by atoms with E-state index in [1.807, 2.05) is 19.3 Å². The SMILES string of the molecule is Cc1cc2c(cc1-c1scc[n+]1C)oc1nc(F)ccc12. The molecule has 0 saturated carbocycles. The maximum atomic E-state index is 13.2. The van der Waals surface area contributed by atoms with Crippen LogP contribution in [0.5, 0.6) is 0 Å². The van der Waals surface area contributed by atoms with Crippen LogP contribution in [0.1, 0.15) is 5.56 Å². The van der Waals surface area contributed by atoms with Crippen LogP contribution in [0.25, 0.3) is 32.6 Å². The van der Waals surface area contributed by atoms with Crippen molar-refractivity contribution in [1.29, 1.82) is 0 Å². The van der Waals surface area contributed by atoms with Crippen molar-refractivity contribution in [2.24, 2.45) is 7.05 Å². The van der Waals surface area contributed by atoms with Crippen molar-refractivity contribution in [1.82, 2.24) is 4.98 Å². The van der Waals surface area contributed by atoms with Crippen molar-refractivity contribution in [3.8, 4) is 10.6 Å². The number of furan rings is 1. The highest BCUT2D eigenvalue weighted by Gasteiger charge is 2.18. The zero-order valence-corrected chi connectivity index (χ0v) is 12.4. The molecule has 3 heterocycles. The first-order valence-electron chi connectivity index (χ1n) is 6.56. The van der Waals surface area contributed by atoms with Crippen molar-refractivity contribution in [2.45, 2.75) is 6.92 Å². The van der Waals surface area contributed by atoms with E-state index in [2.05, 4.69) is 27.9 Å². The Morgan fingerprint density at radius 2 is 2.10 bits per heavy atom. The molecule has 0 bridgehead atoms. The lowest BCUT2D eigenvalue weighted by atomic mass is 10.1. The van der Waals surface area contributed by atoms with Gasteiger partial charge in [0.15, 0.2) is 6.20 Å². The summed E-state index contributed by atoms with van der Waals surface area (Å²) in [5.74, 6) is -0.525. The highest BCUT2D eigenvalue weighted by Crippen LogP contribution is 2.34. The molecule has 1 aromatic carbocycles. The number of thiazole rings is 1. The number of fused-ring (bicyclic) bond motifs is 3. The topological polar surface area (TPSA) is 29.9 Å². The number of halogens is 1. The first-order chi connectivity index (χ1) is 10.1. The molecule has 0 N–H and O–H groups in total. The number of hydrogen-bond acceptors (Lipinski definition) is 3. The molecule has 4 aromatic rings. The van der Waals surface area contributed by atoms with E-state index in [4.69, 9.17) is 4.42 Å². The molecule has 0 aliphatic heterocycles. The van der Waals surface area contributed by atoms with Gasteiger partial charge in [0.25, 0.3) is 5.01 Å². The maximum absolute atomic E-state index is 13.2. The summed E-state index contributed by atoms with van der Waals surface area (Å²) in [7, 11) is 2.02. The van der Waals surface area contributed by atoms with Crippen LogP contribution in [0, 0.1) is 12.9 Å². The predicted molar refractivity (Wildman–Crippen MR) is 80.7 cm³/mol. The number of rotatable bonds is 1. The number of nitrogens with zero attached hydrogens (tertiary/aromatic N) is 2. The summed E-state index contributed by atoms with van der Waals surface area (Å²) >= 11 is 1.68.